The smallest absolute Gasteiger partial charge is 0.234 e. The lowest BCUT2D eigenvalue weighted by atomic mass is 10.1. The summed E-state index contributed by atoms with van der Waals surface area (Å²) in [4.78, 5) is 11.1. The molecule has 0 radical (unpaired) electrons. The Morgan fingerprint density at radius 2 is 1.92 bits per heavy atom. The summed E-state index contributed by atoms with van der Waals surface area (Å²) >= 11 is 5.36. The van der Waals surface area contributed by atoms with Gasteiger partial charge in [-0.25, -0.2) is 0 Å². The topological polar surface area (TPSA) is 62.3 Å². The van der Waals surface area contributed by atoms with Gasteiger partial charge in [-0.15, -0.1) is 0 Å². The SMILES string of the molecule is COc1cc(N2CCCC2)nc(NC(=S)NCc2ccc(C)cc2)n1. The van der Waals surface area contributed by atoms with Crippen LogP contribution in [0.15, 0.2) is 30.3 Å². The van der Waals surface area contributed by atoms with Crippen LogP contribution in [0.1, 0.15) is 24.0 Å². The standard InChI is InChI=1S/C18H23N5OS/c1-13-5-7-14(8-6-13)12-19-18(25)22-17-20-15(11-16(21-17)24-2)23-9-3-4-10-23/h5-8,11H,3-4,9-10,12H2,1-2H3,(H2,19,20,21,22,25). The molecule has 0 aliphatic carbocycles. The Labute approximate surface area is 153 Å². The molecule has 1 aromatic carbocycles. The molecule has 1 aliphatic rings. The molecule has 1 fully saturated rings. The molecule has 0 spiro atoms. The van der Waals surface area contributed by atoms with Gasteiger partial charge in [0, 0.05) is 25.7 Å². The van der Waals surface area contributed by atoms with Gasteiger partial charge in [-0.3, -0.25) is 0 Å². The molecule has 0 saturated carbocycles. The number of hydrogen-bond acceptors (Lipinski definition) is 5. The maximum Gasteiger partial charge on any atom is 0.234 e. The minimum Gasteiger partial charge on any atom is -0.481 e. The zero-order valence-electron chi connectivity index (χ0n) is 14.6. The summed E-state index contributed by atoms with van der Waals surface area (Å²) in [5, 5.41) is 6.72. The molecule has 1 aliphatic heterocycles. The van der Waals surface area contributed by atoms with Gasteiger partial charge in [0.2, 0.25) is 11.8 Å². The number of methoxy groups -OCH3 is 1. The van der Waals surface area contributed by atoms with Gasteiger partial charge in [0.05, 0.1) is 7.11 Å². The lowest BCUT2D eigenvalue weighted by Crippen LogP contribution is -2.29. The van der Waals surface area contributed by atoms with Crippen molar-refractivity contribution in [1.82, 2.24) is 15.3 Å². The van der Waals surface area contributed by atoms with Crippen molar-refractivity contribution in [2.45, 2.75) is 26.3 Å². The van der Waals surface area contributed by atoms with E-state index in [4.69, 9.17) is 17.0 Å². The average Bonchev–Trinajstić information content (AvgIpc) is 3.15. The number of benzene rings is 1. The summed E-state index contributed by atoms with van der Waals surface area (Å²) in [6, 6.07) is 10.2. The number of anilines is 2. The zero-order chi connectivity index (χ0) is 17.6. The number of nitrogens with one attached hydrogen (secondary N) is 2. The first kappa shape index (κ1) is 17.4. The van der Waals surface area contributed by atoms with Crippen molar-refractivity contribution in [1.29, 1.82) is 0 Å². The van der Waals surface area contributed by atoms with Gasteiger partial charge in [0.25, 0.3) is 0 Å². The predicted octanol–water partition coefficient (Wildman–Crippen LogP) is 2.88. The van der Waals surface area contributed by atoms with E-state index in [0.29, 0.717) is 23.5 Å². The molecule has 2 heterocycles. The fourth-order valence-electron chi connectivity index (χ4n) is 2.72. The van der Waals surface area contributed by atoms with E-state index in [2.05, 4.69) is 56.7 Å². The summed E-state index contributed by atoms with van der Waals surface area (Å²) in [6.45, 7) is 4.74. The summed E-state index contributed by atoms with van der Waals surface area (Å²) in [6.07, 6.45) is 2.37. The Morgan fingerprint density at radius 1 is 1.20 bits per heavy atom. The average molecular weight is 357 g/mol. The predicted molar refractivity (Wildman–Crippen MR) is 104 cm³/mol. The highest BCUT2D eigenvalue weighted by atomic mass is 32.1. The lowest BCUT2D eigenvalue weighted by Gasteiger charge is -2.18. The van der Waals surface area contributed by atoms with E-state index in [1.165, 1.54) is 24.0 Å². The van der Waals surface area contributed by atoms with Gasteiger partial charge in [-0.05, 0) is 37.5 Å². The Morgan fingerprint density at radius 3 is 2.60 bits per heavy atom. The molecular formula is C18H23N5OS. The van der Waals surface area contributed by atoms with E-state index in [1.807, 2.05) is 6.07 Å². The van der Waals surface area contributed by atoms with Gasteiger partial charge in [0.1, 0.15) is 5.82 Å². The van der Waals surface area contributed by atoms with Crippen LogP contribution < -0.4 is 20.3 Å². The number of rotatable bonds is 5. The van der Waals surface area contributed by atoms with E-state index in [9.17, 15) is 0 Å². The van der Waals surface area contributed by atoms with Crippen LogP contribution >= 0.6 is 12.2 Å². The molecule has 25 heavy (non-hydrogen) atoms. The Bertz CT molecular complexity index is 729. The second-order valence-electron chi connectivity index (χ2n) is 6.08. The summed E-state index contributed by atoms with van der Waals surface area (Å²) in [5.74, 6) is 1.84. The highest BCUT2D eigenvalue weighted by Gasteiger charge is 2.16. The highest BCUT2D eigenvalue weighted by molar-refractivity contribution is 7.80. The van der Waals surface area contributed by atoms with Crippen LogP contribution in [0.25, 0.3) is 0 Å². The number of hydrogen-bond donors (Lipinski definition) is 2. The maximum atomic E-state index is 5.36. The summed E-state index contributed by atoms with van der Waals surface area (Å²) < 4.78 is 5.30. The lowest BCUT2D eigenvalue weighted by molar-refractivity contribution is 0.397. The quantitative estimate of drug-likeness (QED) is 0.798. The van der Waals surface area contributed by atoms with Crippen molar-refractivity contribution in [2.75, 3.05) is 30.4 Å². The normalized spacial score (nSPS) is 13.6. The Hall–Kier alpha value is -2.41. The van der Waals surface area contributed by atoms with Crippen molar-refractivity contribution < 1.29 is 4.74 Å². The number of thiocarbonyl (C=S) groups is 1. The van der Waals surface area contributed by atoms with Crippen LogP contribution in [0.3, 0.4) is 0 Å². The van der Waals surface area contributed by atoms with Gasteiger partial charge >= 0.3 is 0 Å². The largest absolute Gasteiger partial charge is 0.481 e. The van der Waals surface area contributed by atoms with Crippen molar-refractivity contribution in [3.8, 4) is 5.88 Å². The highest BCUT2D eigenvalue weighted by Crippen LogP contribution is 2.23. The fourth-order valence-corrected chi connectivity index (χ4v) is 2.88. The molecule has 1 saturated heterocycles. The monoisotopic (exact) mass is 357 g/mol. The number of nitrogens with zero attached hydrogens (tertiary/aromatic N) is 3. The Balaban J connectivity index is 1.63. The van der Waals surface area contributed by atoms with Crippen molar-refractivity contribution >= 4 is 29.1 Å². The number of ether oxygens (including phenoxy) is 1. The second kappa shape index (κ2) is 8.11. The first-order valence-corrected chi connectivity index (χ1v) is 8.83. The molecule has 3 rings (SSSR count). The molecule has 6 nitrogen and oxygen atoms in total. The zero-order valence-corrected chi connectivity index (χ0v) is 15.4. The third-order valence-corrected chi connectivity index (χ3v) is 4.37. The van der Waals surface area contributed by atoms with Crippen molar-refractivity contribution in [3.05, 3.63) is 41.5 Å². The molecular weight excluding hydrogens is 334 g/mol. The van der Waals surface area contributed by atoms with E-state index in [-0.39, 0.29) is 0 Å². The molecule has 0 unspecified atom stereocenters. The summed E-state index contributed by atoms with van der Waals surface area (Å²) in [7, 11) is 1.60. The Kier molecular flexibility index (Phi) is 5.65. The molecule has 1 aromatic heterocycles. The van der Waals surface area contributed by atoms with Gasteiger partial charge < -0.3 is 20.3 Å². The van der Waals surface area contributed by atoms with Crippen LogP contribution in [0.4, 0.5) is 11.8 Å². The van der Waals surface area contributed by atoms with Crippen molar-refractivity contribution in [2.24, 2.45) is 0 Å². The minimum absolute atomic E-state index is 0.447. The molecule has 0 amide bonds. The minimum atomic E-state index is 0.447. The summed E-state index contributed by atoms with van der Waals surface area (Å²) in [5.41, 5.74) is 2.41. The maximum absolute atomic E-state index is 5.36. The molecule has 0 bridgehead atoms. The van der Waals surface area contributed by atoms with Crippen LogP contribution in [-0.4, -0.2) is 35.3 Å². The van der Waals surface area contributed by atoms with Gasteiger partial charge in [0.15, 0.2) is 5.11 Å². The fraction of sp³-hybridized carbons (Fsp3) is 0.389. The molecule has 2 aromatic rings. The number of aryl methyl sites for hydroxylation is 1. The molecule has 132 valence electrons. The molecule has 2 N–H and O–H groups in total. The van der Waals surface area contributed by atoms with E-state index < -0.39 is 0 Å². The van der Waals surface area contributed by atoms with Crippen LogP contribution in [0.5, 0.6) is 5.88 Å². The first-order valence-electron chi connectivity index (χ1n) is 8.42. The van der Waals surface area contributed by atoms with E-state index in [0.717, 1.165) is 18.9 Å². The van der Waals surface area contributed by atoms with Gasteiger partial charge in [-0.1, -0.05) is 29.8 Å². The molecule has 0 atom stereocenters. The van der Waals surface area contributed by atoms with Crippen LogP contribution in [-0.2, 0) is 6.54 Å². The van der Waals surface area contributed by atoms with E-state index in [1.54, 1.807) is 7.11 Å². The van der Waals surface area contributed by atoms with E-state index >= 15 is 0 Å². The van der Waals surface area contributed by atoms with Crippen LogP contribution in [0, 0.1) is 6.92 Å². The second-order valence-corrected chi connectivity index (χ2v) is 6.49. The third-order valence-electron chi connectivity index (χ3n) is 4.13. The van der Waals surface area contributed by atoms with Crippen molar-refractivity contribution in [3.63, 3.8) is 0 Å². The number of aromatic nitrogens is 2. The van der Waals surface area contributed by atoms with Gasteiger partial charge in [-0.2, -0.15) is 9.97 Å². The molecule has 7 heteroatoms. The first-order chi connectivity index (χ1) is 12.1. The third kappa shape index (κ3) is 4.79. The van der Waals surface area contributed by atoms with Crippen LogP contribution in [0.2, 0.25) is 0 Å².